The first-order valence-corrected chi connectivity index (χ1v) is 8.32. The first-order valence-electron chi connectivity index (χ1n) is 8.32. The molecule has 26 heavy (non-hydrogen) atoms. The predicted molar refractivity (Wildman–Crippen MR) is 102 cm³/mol. The van der Waals surface area contributed by atoms with Crippen LogP contribution in [0.1, 0.15) is 11.1 Å². The summed E-state index contributed by atoms with van der Waals surface area (Å²) >= 11 is 0. The van der Waals surface area contributed by atoms with Crippen LogP contribution in [0.5, 0.6) is 0 Å². The molecule has 128 valence electrons. The van der Waals surface area contributed by atoms with Gasteiger partial charge in [-0.25, -0.2) is 4.57 Å². The van der Waals surface area contributed by atoms with Gasteiger partial charge in [-0.15, -0.1) is 0 Å². The summed E-state index contributed by atoms with van der Waals surface area (Å²) in [5.41, 5.74) is 3.72. The third-order valence-electron chi connectivity index (χ3n) is 4.07. The van der Waals surface area contributed by atoms with Gasteiger partial charge in [-0.1, -0.05) is 30.3 Å². The Morgan fingerprint density at radius 2 is 1.73 bits per heavy atom. The molecule has 0 unspecified atom stereocenters. The summed E-state index contributed by atoms with van der Waals surface area (Å²) in [5.74, 6) is 0.634. The van der Waals surface area contributed by atoms with Crippen molar-refractivity contribution in [1.82, 2.24) is 0 Å². The van der Waals surface area contributed by atoms with Gasteiger partial charge in [0.1, 0.15) is 5.69 Å². The Labute approximate surface area is 153 Å². The SMILES string of the molecule is CN(Cc1ccccc1)c1ccc(/N=N/c2cc(C#N)cc[n+]2C)cc1. The number of benzene rings is 2. The van der Waals surface area contributed by atoms with Crippen LogP contribution in [0.15, 0.2) is 83.2 Å². The van der Waals surface area contributed by atoms with Crippen molar-refractivity contribution >= 4 is 17.2 Å². The van der Waals surface area contributed by atoms with Gasteiger partial charge >= 0.3 is 5.82 Å². The zero-order valence-electron chi connectivity index (χ0n) is 14.9. The van der Waals surface area contributed by atoms with Gasteiger partial charge < -0.3 is 4.90 Å². The summed E-state index contributed by atoms with van der Waals surface area (Å²) < 4.78 is 1.83. The van der Waals surface area contributed by atoms with Gasteiger partial charge in [0.05, 0.1) is 36.1 Å². The monoisotopic (exact) mass is 342 g/mol. The Kier molecular flexibility index (Phi) is 5.35. The van der Waals surface area contributed by atoms with Crippen molar-refractivity contribution in [2.45, 2.75) is 6.54 Å². The first-order chi connectivity index (χ1) is 12.7. The van der Waals surface area contributed by atoms with E-state index in [2.05, 4.69) is 40.4 Å². The molecule has 0 aliphatic heterocycles. The van der Waals surface area contributed by atoms with Crippen molar-refractivity contribution in [3.05, 3.63) is 84.1 Å². The van der Waals surface area contributed by atoms with Gasteiger partial charge in [0.15, 0.2) is 0 Å². The van der Waals surface area contributed by atoms with Crippen LogP contribution in [-0.4, -0.2) is 7.05 Å². The van der Waals surface area contributed by atoms with Crippen molar-refractivity contribution < 1.29 is 4.57 Å². The van der Waals surface area contributed by atoms with E-state index in [1.54, 1.807) is 18.3 Å². The third kappa shape index (κ3) is 4.31. The predicted octanol–water partition coefficient (Wildman–Crippen LogP) is 4.43. The Morgan fingerprint density at radius 1 is 1.00 bits per heavy atom. The fourth-order valence-electron chi connectivity index (χ4n) is 2.56. The van der Waals surface area contributed by atoms with Crippen molar-refractivity contribution in [3.8, 4) is 6.07 Å². The van der Waals surface area contributed by atoms with E-state index in [1.165, 1.54) is 5.56 Å². The molecule has 5 heteroatoms. The molecule has 0 bridgehead atoms. The maximum Gasteiger partial charge on any atom is 0.351 e. The van der Waals surface area contributed by atoms with E-state index < -0.39 is 0 Å². The highest BCUT2D eigenvalue weighted by atomic mass is 15.2. The molecular weight excluding hydrogens is 322 g/mol. The van der Waals surface area contributed by atoms with Crippen molar-refractivity contribution in [2.24, 2.45) is 17.3 Å². The van der Waals surface area contributed by atoms with Gasteiger partial charge in [-0.3, -0.25) is 0 Å². The van der Waals surface area contributed by atoms with Crippen LogP contribution in [0, 0.1) is 11.3 Å². The van der Waals surface area contributed by atoms with E-state index in [1.807, 2.05) is 54.1 Å². The number of rotatable bonds is 5. The number of aromatic nitrogens is 1. The topological polar surface area (TPSA) is 55.6 Å². The molecule has 0 spiro atoms. The molecule has 0 N–H and O–H groups in total. The highest BCUT2D eigenvalue weighted by Crippen LogP contribution is 2.22. The summed E-state index contributed by atoms with van der Waals surface area (Å²) in [5, 5.41) is 17.5. The largest absolute Gasteiger partial charge is 0.370 e. The minimum atomic E-state index is 0.565. The van der Waals surface area contributed by atoms with Crippen LogP contribution in [0.4, 0.5) is 17.2 Å². The Balaban J connectivity index is 1.71. The lowest BCUT2D eigenvalue weighted by molar-refractivity contribution is -0.658. The number of aryl methyl sites for hydroxylation is 1. The lowest BCUT2D eigenvalue weighted by Crippen LogP contribution is -2.27. The average Bonchev–Trinajstić information content (AvgIpc) is 2.68. The number of hydrogen-bond acceptors (Lipinski definition) is 4. The van der Waals surface area contributed by atoms with E-state index >= 15 is 0 Å². The molecule has 5 nitrogen and oxygen atoms in total. The quantitative estimate of drug-likeness (QED) is 0.508. The van der Waals surface area contributed by atoms with Crippen molar-refractivity contribution in [1.29, 1.82) is 5.26 Å². The fourth-order valence-corrected chi connectivity index (χ4v) is 2.56. The molecule has 1 heterocycles. The Hall–Kier alpha value is -3.52. The molecule has 0 amide bonds. The van der Waals surface area contributed by atoms with E-state index in [0.29, 0.717) is 11.4 Å². The van der Waals surface area contributed by atoms with E-state index in [0.717, 1.165) is 17.9 Å². The van der Waals surface area contributed by atoms with E-state index in [-0.39, 0.29) is 0 Å². The fraction of sp³-hybridized carbons (Fsp3) is 0.143. The van der Waals surface area contributed by atoms with Gasteiger partial charge in [0.2, 0.25) is 0 Å². The van der Waals surface area contributed by atoms with Crippen LogP contribution >= 0.6 is 0 Å². The van der Waals surface area contributed by atoms with Crippen LogP contribution in [-0.2, 0) is 13.6 Å². The second-order valence-corrected chi connectivity index (χ2v) is 6.05. The molecule has 0 aliphatic rings. The summed E-state index contributed by atoms with van der Waals surface area (Å²) in [4.78, 5) is 2.19. The van der Waals surface area contributed by atoms with Gasteiger partial charge in [0.25, 0.3) is 0 Å². The third-order valence-corrected chi connectivity index (χ3v) is 4.07. The second-order valence-electron chi connectivity index (χ2n) is 6.05. The van der Waals surface area contributed by atoms with Crippen LogP contribution in [0.2, 0.25) is 0 Å². The highest BCUT2D eigenvalue weighted by molar-refractivity contribution is 5.52. The molecule has 0 atom stereocenters. The van der Waals surface area contributed by atoms with Crippen LogP contribution < -0.4 is 9.47 Å². The molecular formula is C21H20N5+. The van der Waals surface area contributed by atoms with E-state index in [9.17, 15) is 0 Å². The molecule has 0 radical (unpaired) electrons. The molecule has 0 saturated carbocycles. The molecule has 0 aliphatic carbocycles. The summed E-state index contributed by atoms with van der Waals surface area (Å²) in [7, 11) is 3.94. The number of anilines is 1. The van der Waals surface area contributed by atoms with Crippen LogP contribution in [0.25, 0.3) is 0 Å². The number of nitriles is 1. The standard InChI is InChI=1S/C21H20N5/c1-25-13-12-18(15-22)14-21(25)24-23-19-8-10-20(11-9-19)26(2)16-17-6-4-3-5-7-17/h3-14H,16H2,1-2H3/q+1. The van der Waals surface area contributed by atoms with Gasteiger partial charge in [0, 0.05) is 19.3 Å². The summed E-state index contributed by atoms with van der Waals surface area (Å²) in [6, 6.07) is 23.9. The van der Waals surface area contributed by atoms with Crippen LogP contribution in [0.3, 0.4) is 0 Å². The van der Waals surface area contributed by atoms with Crippen molar-refractivity contribution in [2.75, 3.05) is 11.9 Å². The zero-order valence-corrected chi connectivity index (χ0v) is 14.9. The first kappa shape index (κ1) is 17.3. The molecule has 1 aromatic heterocycles. The minimum Gasteiger partial charge on any atom is -0.370 e. The van der Waals surface area contributed by atoms with E-state index in [4.69, 9.17) is 5.26 Å². The number of nitrogens with zero attached hydrogens (tertiary/aromatic N) is 5. The Bertz CT molecular complexity index is 940. The number of azo groups is 1. The van der Waals surface area contributed by atoms with Crippen molar-refractivity contribution in [3.63, 3.8) is 0 Å². The molecule has 3 aromatic rings. The number of hydrogen-bond donors (Lipinski definition) is 0. The highest BCUT2D eigenvalue weighted by Gasteiger charge is 2.08. The lowest BCUT2D eigenvalue weighted by atomic mass is 10.2. The zero-order chi connectivity index (χ0) is 18.4. The van der Waals surface area contributed by atoms with Gasteiger partial charge in [-0.05, 0) is 41.0 Å². The smallest absolute Gasteiger partial charge is 0.351 e. The molecule has 3 rings (SSSR count). The normalized spacial score (nSPS) is 10.7. The molecule has 2 aromatic carbocycles. The summed E-state index contributed by atoms with van der Waals surface area (Å²) in [6.45, 7) is 0.846. The average molecular weight is 342 g/mol. The Morgan fingerprint density at radius 3 is 2.42 bits per heavy atom. The maximum absolute atomic E-state index is 8.99. The molecule has 0 saturated heterocycles. The molecule has 0 fully saturated rings. The maximum atomic E-state index is 8.99. The van der Waals surface area contributed by atoms with Gasteiger partial charge in [-0.2, -0.15) is 5.26 Å². The second kappa shape index (κ2) is 8.04. The minimum absolute atomic E-state index is 0.565. The lowest BCUT2D eigenvalue weighted by Gasteiger charge is -2.19. The number of pyridine rings is 1. The summed E-state index contributed by atoms with van der Waals surface area (Å²) in [6.07, 6.45) is 1.80.